The molecule has 38 heavy (non-hydrogen) atoms. The molecular weight excluding hydrogens is 498 g/mol. The van der Waals surface area contributed by atoms with Gasteiger partial charge in [-0.3, -0.25) is 4.79 Å². The lowest BCUT2D eigenvalue weighted by Gasteiger charge is -2.39. The molecule has 6 rings (SSSR count). The molecule has 1 fully saturated rings. The zero-order valence-electron chi connectivity index (χ0n) is 21.2. The number of likely N-dealkylation sites (tertiary alicyclic amines) is 1. The van der Waals surface area contributed by atoms with Crippen LogP contribution >= 0.6 is 11.8 Å². The van der Waals surface area contributed by atoms with Gasteiger partial charge in [0.25, 0.3) is 5.91 Å². The first-order valence-electron chi connectivity index (χ1n) is 12.9. The molecule has 8 nitrogen and oxygen atoms in total. The van der Waals surface area contributed by atoms with E-state index in [1.165, 1.54) is 21.2 Å². The number of esters is 1. The summed E-state index contributed by atoms with van der Waals surface area (Å²) in [5, 5.41) is 7.82. The third-order valence-electron chi connectivity index (χ3n) is 7.53. The lowest BCUT2D eigenvalue weighted by atomic mass is 9.74. The van der Waals surface area contributed by atoms with Gasteiger partial charge in [-0.2, -0.15) is 9.61 Å². The normalized spacial score (nSPS) is 16.0. The third-order valence-corrected chi connectivity index (χ3v) is 8.89. The monoisotopic (exact) mass is 527 g/mol. The van der Waals surface area contributed by atoms with Crippen LogP contribution < -0.4 is 5.32 Å². The highest BCUT2D eigenvalue weighted by Crippen LogP contribution is 2.49. The Hall–Kier alpha value is -3.85. The Morgan fingerprint density at radius 1 is 1.03 bits per heavy atom. The van der Waals surface area contributed by atoms with Crippen LogP contribution in [0.1, 0.15) is 51.6 Å². The molecule has 4 heterocycles. The van der Waals surface area contributed by atoms with Crippen molar-refractivity contribution in [2.75, 3.05) is 30.8 Å². The summed E-state index contributed by atoms with van der Waals surface area (Å²) < 4.78 is 6.72. The maximum atomic E-state index is 13.9. The molecule has 1 saturated heterocycles. The van der Waals surface area contributed by atoms with Crippen LogP contribution in [0, 0.1) is 0 Å². The largest absolute Gasteiger partial charge is 0.462 e. The van der Waals surface area contributed by atoms with E-state index in [1.54, 1.807) is 13.1 Å². The molecule has 0 unspecified atom stereocenters. The second kappa shape index (κ2) is 10.1. The zero-order chi connectivity index (χ0) is 26.1. The van der Waals surface area contributed by atoms with Crippen molar-refractivity contribution in [2.45, 2.75) is 36.6 Å². The van der Waals surface area contributed by atoms with Crippen molar-refractivity contribution in [3.63, 3.8) is 0 Å². The molecule has 1 amide bonds. The smallest absolute Gasteiger partial charge is 0.343 e. The molecule has 1 spiro atoms. The van der Waals surface area contributed by atoms with Gasteiger partial charge in [0.05, 0.1) is 12.8 Å². The summed E-state index contributed by atoms with van der Waals surface area (Å²) in [6, 6.07) is 18.6. The average molecular weight is 528 g/mol. The van der Waals surface area contributed by atoms with Crippen molar-refractivity contribution >= 4 is 35.1 Å². The van der Waals surface area contributed by atoms with Gasteiger partial charge < -0.3 is 15.0 Å². The van der Waals surface area contributed by atoms with Crippen LogP contribution in [-0.2, 0) is 16.7 Å². The fourth-order valence-electron chi connectivity index (χ4n) is 5.44. The van der Waals surface area contributed by atoms with Crippen molar-refractivity contribution in [3.05, 3.63) is 89.2 Å². The Kier molecular flexibility index (Phi) is 6.53. The highest BCUT2D eigenvalue weighted by atomic mass is 32.2. The second-order valence-electron chi connectivity index (χ2n) is 9.73. The van der Waals surface area contributed by atoms with E-state index in [-0.39, 0.29) is 23.5 Å². The van der Waals surface area contributed by atoms with Gasteiger partial charge in [-0.25, -0.2) is 9.78 Å². The van der Waals surface area contributed by atoms with Crippen molar-refractivity contribution in [3.8, 4) is 0 Å². The lowest BCUT2D eigenvalue weighted by Crippen LogP contribution is -2.45. The van der Waals surface area contributed by atoms with E-state index < -0.39 is 5.97 Å². The molecule has 1 N–H and O–H groups in total. The van der Waals surface area contributed by atoms with E-state index in [1.807, 2.05) is 47.0 Å². The summed E-state index contributed by atoms with van der Waals surface area (Å²) in [4.78, 5) is 34.1. The second-order valence-corrected chi connectivity index (χ2v) is 10.7. The van der Waals surface area contributed by atoms with Gasteiger partial charge >= 0.3 is 5.97 Å². The number of fused-ring (bicyclic) bond motifs is 3. The van der Waals surface area contributed by atoms with Gasteiger partial charge in [-0.1, -0.05) is 48.5 Å². The number of nitrogens with zero attached hydrogens (tertiary/aromatic N) is 4. The number of ether oxygens (including phenoxy) is 1. The van der Waals surface area contributed by atoms with Crippen molar-refractivity contribution in [1.29, 1.82) is 0 Å². The van der Waals surface area contributed by atoms with Gasteiger partial charge in [-0.15, -0.1) is 11.8 Å². The molecule has 0 atom stereocenters. The Bertz CT molecular complexity index is 1490. The van der Waals surface area contributed by atoms with Gasteiger partial charge in [-0.05, 0) is 37.0 Å². The fraction of sp³-hybridized carbons (Fsp3) is 0.310. The van der Waals surface area contributed by atoms with E-state index >= 15 is 0 Å². The predicted octanol–water partition coefficient (Wildman–Crippen LogP) is 4.80. The number of amides is 1. The number of piperidine rings is 1. The molecule has 0 saturated carbocycles. The first-order valence-corrected chi connectivity index (χ1v) is 13.9. The van der Waals surface area contributed by atoms with Crippen LogP contribution in [0.2, 0.25) is 0 Å². The molecule has 0 bridgehead atoms. The maximum absolute atomic E-state index is 13.9. The molecule has 9 heteroatoms. The molecule has 2 aliphatic heterocycles. The minimum atomic E-state index is -0.487. The Balaban J connectivity index is 1.29. The molecule has 2 aromatic heterocycles. The van der Waals surface area contributed by atoms with E-state index in [4.69, 9.17) is 4.74 Å². The number of anilines is 1. The van der Waals surface area contributed by atoms with Gasteiger partial charge in [0, 0.05) is 41.9 Å². The molecular formula is C29H29N5O3S. The summed E-state index contributed by atoms with van der Waals surface area (Å²) >= 11 is 1.92. The molecule has 0 radical (unpaired) electrons. The number of hydrogen-bond donors (Lipinski definition) is 1. The number of hydrogen-bond acceptors (Lipinski definition) is 7. The van der Waals surface area contributed by atoms with Crippen molar-refractivity contribution < 1.29 is 14.3 Å². The van der Waals surface area contributed by atoms with Crippen molar-refractivity contribution in [2.24, 2.45) is 0 Å². The number of carbonyl (C=O) groups excluding carboxylic acids is 2. The van der Waals surface area contributed by atoms with Gasteiger partial charge in [0.1, 0.15) is 16.9 Å². The van der Waals surface area contributed by atoms with Crippen LogP contribution in [0.5, 0.6) is 0 Å². The zero-order valence-corrected chi connectivity index (χ0v) is 22.0. The lowest BCUT2D eigenvalue weighted by molar-refractivity contribution is 0.0528. The van der Waals surface area contributed by atoms with Crippen LogP contribution in [0.25, 0.3) is 5.65 Å². The average Bonchev–Trinajstić information content (AvgIpc) is 3.55. The summed E-state index contributed by atoms with van der Waals surface area (Å²) in [7, 11) is 0. The van der Waals surface area contributed by atoms with Crippen LogP contribution in [0.3, 0.4) is 0 Å². The number of benzene rings is 2. The number of rotatable bonds is 6. The first-order chi connectivity index (χ1) is 18.6. The topological polar surface area (TPSA) is 88.8 Å². The SMILES string of the molecule is CCOC(=O)c1cnn2c(NCc3ccccc3)c(C(=O)N3CCC4(CC3)CSc3ccccc34)cnc12. The molecule has 2 aliphatic rings. The highest BCUT2D eigenvalue weighted by molar-refractivity contribution is 7.99. The van der Waals surface area contributed by atoms with E-state index in [0.717, 1.165) is 24.2 Å². The van der Waals surface area contributed by atoms with Gasteiger partial charge in [0.2, 0.25) is 0 Å². The van der Waals surface area contributed by atoms with Gasteiger partial charge in [0.15, 0.2) is 5.65 Å². The molecule has 194 valence electrons. The molecule has 0 aliphatic carbocycles. The number of thioether (sulfide) groups is 1. The summed E-state index contributed by atoms with van der Waals surface area (Å²) in [6.45, 7) is 3.86. The van der Waals surface area contributed by atoms with Crippen molar-refractivity contribution in [1.82, 2.24) is 19.5 Å². The summed E-state index contributed by atoms with van der Waals surface area (Å²) in [5.74, 6) is 1.01. The van der Waals surface area contributed by atoms with Crippen LogP contribution in [-0.4, -0.2) is 56.8 Å². The van der Waals surface area contributed by atoms with E-state index in [2.05, 4.69) is 39.7 Å². The number of nitrogens with one attached hydrogen (secondary N) is 1. The summed E-state index contributed by atoms with van der Waals surface area (Å²) in [5.41, 5.74) is 3.67. The number of aromatic nitrogens is 3. The van der Waals surface area contributed by atoms with Crippen LogP contribution in [0.4, 0.5) is 5.82 Å². The fourth-order valence-corrected chi connectivity index (χ4v) is 6.93. The minimum absolute atomic E-state index is 0.0862. The molecule has 4 aromatic rings. The van der Waals surface area contributed by atoms with E-state index in [9.17, 15) is 9.59 Å². The Morgan fingerprint density at radius 2 is 1.79 bits per heavy atom. The number of carbonyl (C=O) groups is 2. The predicted molar refractivity (Wildman–Crippen MR) is 147 cm³/mol. The first kappa shape index (κ1) is 24.5. The standard InChI is InChI=1S/C29H29N5O3S/c1-2-37-28(36)22-18-32-34-25(30-16-20-8-4-3-5-9-20)21(17-31-26(22)34)27(35)33-14-12-29(13-15-33)19-38-24-11-7-6-10-23(24)29/h3-11,17-18,30H,2,12-16,19H2,1H3. The Morgan fingerprint density at radius 3 is 2.58 bits per heavy atom. The summed E-state index contributed by atoms with van der Waals surface area (Å²) in [6.07, 6.45) is 4.86. The molecule has 2 aromatic carbocycles. The highest BCUT2D eigenvalue weighted by Gasteiger charge is 2.42. The maximum Gasteiger partial charge on any atom is 0.343 e. The third kappa shape index (κ3) is 4.30. The quantitative estimate of drug-likeness (QED) is 0.361. The van der Waals surface area contributed by atoms with Crippen LogP contribution in [0.15, 0.2) is 71.9 Å². The Labute approximate surface area is 225 Å². The van der Waals surface area contributed by atoms with E-state index in [0.29, 0.717) is 36.7 Å². The minimum Gasteiger partial charge on any atom is -0.462 e.